The van der Waals surface area contributed by atoms with E-state index in [2.05, 4.69) is 4.99 Å². The van der Waals surface area contributed by atoms with Gasteiger partial charge < -0.3 is 4.74 Å². The number of ether oxygens (including phenoxy) is 1. The molecule has 1 aliphatic rings. The molecule has 0 aromatic heterocycles. The fourth-order valence-corrected chi connectivity index (χ4v) is 2.90. The molecular formula is C20H12ClNO2. The number of aliphatic imine (C=N–C) groups is 1. The van der Waals surface area contributed by atoms with Gasteiger partial charge in [0.25, 0.3) is 0 Å². The molecule has 1 aliphatic heterocycles. The summed E-state index contributed by atoms with van der Waals surface area (Å²) in [5.74, 6) is -0.241. The zero-order valence-electron chi connectivity index (χ0n) is 12.6. The number of cyclic esters (lactones) is 1. The molecule has 0 bridgehead atoms. The number of rotatable bonds is 2. The number of nitrogens with zero attached hydrogens (tertiary/aromatic N) is 1. The van der Waals surface area contributed by atoms with Crippen LogP contribution in [0.5, 0.6) is 0 Å². The van der Waals surface area contributed by atoms with E-state index in [0.717, 1.165) is 16.3 Å². The first-order valence-electron chi connectivity index (χ1n) is 7.47. The predicted molar refractivity (Wildman–Crippen MR) is 96.0 cm³/mol. The van der Waals surface area contributed by atoms with Crippen molar-refractivity contribution in [1.29, 1.82) is 0 Å². The molecule has 3 nitrogen and oxygen atoms in total. The minimum absolute atomic E-state index is 0.233. The molecule has 0 fully saturated rings. The second kappa shape index (κ2) is 5.95. The zero-order valence-corrected chi connectivity index (χ0v) is 13.3. The average molecular weight is 334 g/mol. The van der Waals surface area contributed by atoms with Crippen molar-refractivity contribution in [1.82, 2.24) is 0 Å². The summed E-state index contributed by atoms with van der Waals surface area (Å²) in [6.45, 7) is 0. The summed E-state index contributed by atoms with van der Waals surface area (Å²) in [7, 11) is 0. The summed E-state index contributed by atoms with van der Waals surface area (Å²) < 4.78 is 5.28. The fourth-order valence-electron chi connectivity index (χ4n) is 2.68. The van der Waals surface area contributed by atoms with E-state index in [1.54, 1.807) is 18.2 Å². The van der Waals surface area contributed by atoms with Crippen molar-refractivity contribution in [2.45, 2.75) is 0 Å². The molecule has 0 aliphatic carbocycles. The van der Waals surface area contributed by atoms with Gasteiger partial charge in [0.05, 0.1) is 10.6 Å². The van der Waals surface area contributed by atoms with E-state index in [9.17, 15) is 4.79 Å². The molecule has 0 atom stereocenters. The van der Waals surface area contributed by atoms with Gasteiger partial charge in [-0.05, 0) is 34.5 Å². The maximum atomic E-state index is 12.2. The van der Waals surface area contributed by atoms with Crippen LogP contribution < -0.4 is 0 Å². The molecular weight excluding hydrogens is 322 g/mol. The van der Waals surface area contributed by atoms with Crippen molar-refractivity contribution >= 4 is 40.3 Å². The Balaban J connectivity index is 1.80. The second-order valence-corrected chi connectivity index (χ2v) is 5.79. The number of carbonyl (C=O) groups is 1. The van der Waals surface area contributed by atoms with Crippen LogP contribution in [-0.2, 0) is 9.53 Å². The Morgan fingerprint density at radius 3 is 2.54 bits per heavy atom. The second-order valence-electron chi connectivity index (χ2n) is 5.38. The number of esters is 1. The highest BCUT2D eigenvalue weighted by molar-refractivity contribution is 6.34. The third-order valence-corrected chi connectivity index (χ3v) is 4.17. The van der Waals surface area contributed by atoms with Gasteiger partial charge in [0.15, 0.2) is 5.70 Å². The lowest BCUT2D eigenvalue weighted by atomic mass is 10.0. The van der Waals surface area contributed by atoms with Gasteiger partial charge >= 0.3 is 5.97 Å². The molecule has 1 heterocycles. The van der Waals surface area contributed by atoms with Gasteiger partial charge in [0.1, 0.15) is 0 Å². The summed E-state index contributed by atoms with van der Waals surface area (Å²) in [6.07, 6.45) is 1.74. The van der Waals surface area contributed by atoms with Crippen LogP contribution in [0, 0.1) is 0 Å². The number of fused-ring (bicyclic) bond motifs is 1. The molecule has 4 heteroatoms. The molecule has 0 saturated heterocycles. The summed E-state index contributed by atoms with van der Waals surface area (Å²) in [4.78, 5) is 16.5. The van der Waals surface area contributed by atoms with Crippen LogP contribution >= 0.6 is 11.6 Å². The summed E-state index contributed by atoms with van der Waals surface area (Å²) >= 11 is 6.15. The van der Waals surface area contributed by atoms with Gasteiger partial charge in [-0.1, -0.05) is 66.2 Å². The Kier molecular flexibility index (Phi) is 3.63. The highest BCUT2D eigenvalue weighted by Gasteiger charge is 2.25. The average Bonchev–Trinajstić information content (AvgIpc) is 2.96. The minimum atomic E-state index is -0.474. The van der Waals surface area contributed by atoms with E-state index in [1.807, 2.05) is 54.6 Å². The van der Waals surface area contributed by atoms with Crippen LogP contribution in [0.4, 0.5) is 0 Å². The van der Waals surface area contributed by atoms with Crippen molar-refractivity contribution < 1.29 is 9.53 Å². The first-order chi connectivity index (χ1) is 11.7. The lowest BCUT2D eigenvalue weighted by Gasteiger charge is -2.01. The molecule has 0 spiro atoms. The molecule has 0 unspecified atom stereocenters. The van der Waals surface area contributed by atoms with Gasteiger partial charge in [0.2, 0.25) is 5.90 Å². The Hall–Kier alpha value is -2.91. The number of halogens is 1. The molecule has 0 radical (unpaired) electrons. The monoisotopic (exact) mass is 333 g/mol. The predicted octanol–water partition coefficient (Wildman–Crippen LogP) is 4.84. The molecule has 3 aromatic carbocycles. The van der Waals surface area contributed by atoms with Crippen molar-refractivity contribution in [2.75, 3.05) is 0 Å². The minimum Gasteiger partial charge on any atom is -0.402 e. The Morgan fingerprint density at radius 2 is 1.67 bits per heavy atom. The number of hydrogen-bond donors (Lipinski definition) is 0. The lowest BCUT2D eigenvalue weighted by molar-refractivity contribution is -0.129. The van der Waals surface area contributed by atoms with Crippen LogP contribution in [0.15, 0.2) is 77.4 Å². The van der Waals surface area contributed by atoms with Crippen molar-refractivity contribution in [3.8, 4) is 0 Å². The van der Waals surface area contributed by atoms with Crippen LogP contribution in [0.25, 0.3) is 16.8 Å². The van der Waals surface area contributed by atoms with Crippen LogP contribution in [0.2, 0.25) is 5.02 Å². The molecule has 3 aromatic rings. The first-order valence-corrected chi connectivity index (χ1v) is 7.85. The SMILES string of the molecule is O=C1OC(c2ccccc2Cl)=N/C1=C\c1cccc2ccccc12. The molecule has 24 heavy (non-hydrogen) atoms. The van der Waals surface area contributed by atoms with Crippen LogP contribution in [-0.4, -0.2) is 11.9 Å². The Morgan fingerprint density at radius 1 is 0.917 bits per heavy atom. The molecule has 0 N–H and O–H groups in total. The number of hydrogen-bond acceptors (Lipinski definition) is 3. The van der Waals surface area contributed by atoms with Gasteiger partial charge in [-0.15, -0.1) is 0 Å². The van der Waals surface area contributed by atoms with Crippen molar-refractivity contribution in [3.05, 3.63) is 88.6 Å². The normalized spacial score (nSPS) is 15.6. The van der Waals surface area contributed by atoms with Gasteiger partial charge in [-0.25, -0.2) is 9.79 Å². The van der Waals surface area contributed by atoms with Gasteiger partial charge in [0, 0.05) is 0 Å². The van der Waals surface area contributed by atoms with Gasteiger partial charge in [-0.3, -0.25) is 0 Å². The third kappa shape index (κ3) is 2.59. The Bertz CT molecular complexity index is 1020. The maximum Gasteiger partial charge on any atom is 0.363 e. The van der Waals surface area contributed by atoms with Crippen LogP contribution in [0.3, 0.4) is 0 Å². The topological polar surface area (TPSA) is 38.7 Å². The summed E-state index contributed by atoms with van der Waals surface area (Å²) in [5.41, 5.74) is 1.79. The number of benzene rings is 3. The van der Waals surface area contributed by atoms with E-state index in [0.29, 0.717) is 10.6 Å². The standard InChI is InChI=1S/C20H12ClNO2/c21-17-11-4-3-10-16(17)19-22-18(20(23)24-19)12-14-8-5-7-13-6-1-2-9-15(13)14/h1-12H/b18-12-. The van der Waals surface area contributed by atoms with E-state index in [-0.39, 0.29) is 11.6 Å². The smallest absolute Gasteiger partial charge is 0.363 e. The largest absolute Gasteiger partial charge is 0.402 e. The zero-order chi connectivity index (χ0) is 16.5. The third-order valence-electron chi connectivity index (χ3n) is 3.84. The fraction of sp³-hybridized carbons (Fsp3) is 0. The van der Waals surface area contributed by atoms with Crippen LogP contribution in [0.1, 0.15) is 11.1 Å². The Labute approximate surface area is 143 Å². The van der Waals surface area contributed by atoms with Crippen molar-refractivity contribution in [2.24, 2.45) is 4.99 Å². The first kappa shape index (κ1) is 14.7. The summed E-state index contributed by atoms with van der Waals surface area (Å²) in [6, 6.07) is 21.1. The molecule has 116 valence electrons. The molecule has 4 rings (SSSR count). The van der Waals surface area contributed by atoms with E-state index in [4.69, 9.17) is 16.3 Å². The highest BCUT2D eigenvalue weighted by atomic mass is 35.5. The quantitative estimate of drug-likeness (QED) is 0.497. The van der Waals surface area contributed by atoms with Gasteiger partial charge in [-0.2, -0.15) is 0 Å². The highest BCUT2D eigenvalue weighted by Crippen LogP contribution is 2.26. The lowest BCUT2D eigenvalue weighted by Crippen LogP contribution is -2.05. The number of carbonyl (C=O) groups excluding carboxylic acids is 1. The molecule has 0 saturated carbocycles. The summed E-state index contributed by atoms with van der Waals surface area (Å²) in [5, 5.41) is 2.66. The maximum absolute atomic E-state index is 12.2. The van der Waals surface area contributed by atoms with E-state index < -0.39 is 5.97 Å². The molecule has 0 amide bonds. The van der Waals surface area contributed by atoms with E-state index >= 15 is 0 Å². The van der Waals surface area contributed by atoms with Crippen molar-refractivity contribution in [3.63, 3.8) is 0 Å². The van der Waals surface area contributed by atoms with E-state index in [1.165, 1.54) is 0 Å².